The smallest absolute Gasteiger partial charge is 0.487 e. The van der Waals surface area contributed by atoms with Gasteiger partial charge >= 0.3 is 7.12 Å². The first kappa shape index (κ1) is 17.3. The highest BCUT2D eigenvalue weighted by Gasteiger charge is 2.51. The molecular formula is C19H22BClO3. The normalized spacial score (nSPS) is 18.6. The van der Waals surface area contributed by atoms with Crippen LogP contribution in [-0.4, -0.2) is 18.3 Å². The van der Waals surface area contributed by atoms with Crippen molar-refractivity contribution < 1.29 is 14.0 Å². The van der Waals surface area contributed by atoms with Crippen LogP contribution in [0.25, 0.3) is 0 Å². The molecule has 3 nitrogen and oxygen atoms in total. The zero-order valence-electron chi connectivity index (χ0n) is 14.5. The fraction of sp³-hybridized carbons (Fsp3) is 0.368. The molecule has 1 heterocycles. The maximum absolute atomic E-state index is 6.12. The second kappa shape index (κ2) is 6.43. The number of para-hydroxylation sites is 1. The quantitative estimate of drug-likeness (QED) is 0.777. The van der Waals surface area contributed by atoms with Gasteiger partial charge in [0, 0.05) is 0 Å². The molecular weight excluding hydrogens is 322 g/mol. The van der Waals surface area contributed by atoms with Gasteiger partial charge in [-0.15, -0.1) is 0 Å². The van der Waals surface area contributed by atoms with E-state index in [1.54, 1.807) is 0 Å². The average molecular weight is 345 g/mol. The van der Waals surface area contributed by atoms with Gasteiger partial charge in [0.15, 0.2) is 0 Å². The minimum atomic E-state index is -0.365. The highest BCUT2D eigenvalue weighted by atomic mass is 35.5. The van der Waals surface area contributed by atoms with Gasteiger partial charge in [-0.1, -0.05) is 48.0 Å². The Morgan fingerprint density at radius 3 is 2.29 bits per heavy atom. The van der Waals surface area contributed by atoms with Gasteiger partial charge in [0.1, 0.15) is 12.4 Å². The van der Waals surface area contributed by atoms with E-state index < -0.39 is 0 Å². The minimum Gasteiger partial charge on any atom is -0.487 e. The lowest BCUT2D eigenvalue weighted by atomic mass is 9.78. The molecule has 0 radical (unpaired) electrons. The third-order valence-corrected chi connectivity index (χ3v) is 5.02. The van der Waals surface area contributed by atoms with Crippen molar-refractivity contribution in [3.05, 3.63) is 59.1 Å². The molecule has 1 saturated heterocycles. The summed E-state index contributed by atoms with van der Waals surface area (Å²) in [6, 6.07) is 15.5. The van der Waals surface area contributed by atoms with E-state index in [4.69, 9.17) is 25.6 Å². The van der Waals surface area contributed by atoms with Gasteiger partial charge in [0.2, 0.25) is 0 Å². The lowest BCUT2D eigenvalue weighted by Crippen LogP contribution is -2.41. The molecule has 0 amide bonds. The first-order valence-electron chi connectivity index (χ1n) is 8.10. The first-order valence-corrected chi connectivity index (χ1v) is 8.48. The van der Waals surface area contributed by atoms with Gasteiger partial charge in [0.05, 0.1) is 16.2 Å². The van der Waals surface area contributed by atoms with E-state index in [0.29, 0.717) is 17.4 Å². The molecule has 24 heavy (non-hydrogen) atoms. The molecule has 1 aliphatic rings. The molecule has 126 valence electrons. The predicted molar refractivity (Wildman–Crippen MR) is 97.9 cm³/mol. The van der Waals surface area contributed by atoms with Crippen LogP contribution < -0.4 is 10.2 Å². The summed E-state index contributed by atoms with van der Waals surface area (Å²) in [6.45, 7) is 8.65. The molecule has 0 spiro atoms. The van der Waals surface area contributed by atoms with Crippen molar-refractivity contribution >= 4 is 24.2 Å². The SMILES string of the molecule is CC1(C)OB(c2cccc(COc3ccccc3Cl)c2)OC1(C)C. The van der Waals surface area contributed by atoms with Gasteiger partial charge in [-0.2, -0.15) is 0 Å². The van der Waals surface area contributed by atoms with Crippen LogP contribution in [0.3, 0.4) is 0 Å². The monoisotopic (exact) mass is 344 g/mol. The summed E-state index contributed by atoms with van der Waals surface area (Å²) in [4.78, 5) is 0. The minimum absolute atomic E-state index is 0.346. The number of rotatable bonds is 4. The van der Waals surface area contributed by atoms with Gasteiger partial charge in [0.25, 0.3) is 0 Å². The van der Waals surface area contributed by atoms with Gasteiger partial charge < -0.3 is 14.0 Å². The number of hydrogen-bond donors (Lipinski definition) is 0. The van der Waals surface area contributed by atoms with Gasteiger partial charge in [-0.25, -0.2) is 0 Å². The van der Waals surface area contributed by atoms with Crippen LogP contribution in [0.2, 0.25) is 5.02 Å². The molecule has 3 rings (SSSR count). The van der Waals surface area contributed by atoms with Crippen LogP contribution in [0.5, 0.6) is 5.75 Å². The molecule has 0 unspecified atom stereocenters. The zero-order chi connectivity index (χ0) is 17.4. The van der Waals surface area contributed by atoms with Crippen LogP contribution >= 0.6 is 11.6 Å². The van der Waals surface area contributed by atoms with Crippen molar-refractivity contribution in [1.29, 1.82) is 0 Å². The molecule has 1 fully saturated rings. The van der Waals surface area contributed by atoms with E-state index in [0.717, 1.165) is 11.0 Å². The lowest BCUT2D eigenvalue weighted by Gasteiger charge is -2.32. The Bertz CT molecular complexity index is 714. The number of ether oxygens (including phenoxy) is 1. The Kier molecular flexibility index (Phi) is 4.65. The predicted octanol–water partition coefficient (Wildman–Crippen LogP) is 4.22. The highest BCUT2D eigenvalue weighted by Crippen LogP contribution is 2.36. The molecule has 0 aliphatic carbocycles. The Morgan fingerprint density at radius 2 is 1.62 bits per heavy atom. The van der Waals surface area contributed by atoms with Crippen molar-refractivity contribution in [2.75, 3.05) is 0 Å². The van der Waals surface area contributed by atoms with Crippen LogP contribution in [0.1, 0.15) is 33.3 Å². The molecule has 5 heteroatoms. The van der Waals surface area contributed by atoms with Crippen LogP contribution in [0.15, 0.2) is 48.5 Å². The third-order valence-electron chi connectivity index (χ3n) is 4.71. The summed E-state index contributed by atoms with van der Waals surface area (Å²) in [6.07, 6.45) is 0. The molecule has 0 bridgehead atoms. The number of hydrogen-bond acceptors (Lipinski definition) is 3. The number of halogens is 1. The van der Waals surface area contributed by atoms with E-state index in [-0.39, 0.29) is 18.3 Å². The standard InChI is InChI=1S/C19H22BClO3/c1-18(2)19(3,4)24-20(23-18)15-9-7-8-14(12-15)13-22-17-11-6-5-10-16(17)21/h5-12H,13H2,1-4H3. The fourth-order valence-corrected chi connectivity index (χ4v) is 2.72. The van der Waals surface area contributed by atoms with Crippen molar-refractivity contribution in [3.8, 4) is 5.75 Å². The van der Waals surface area contributed by atoms with E-state index >= 15 is 0 Å². The molecule has 0 aromatic heterocycles. The summed E-state index contributed by atoms with van der Waals surface area (Å²) in [5, 5.41) is 0.611. The van der Waals surface area contributed by atoms with E-state index in [1.165, 1.54) is 0 Å². The van der Waals surface area contributed by atoms with Crippen molar-refractivity contribution in [2.24, 2.45) is 0 Å². The summed E-state index contributed by atoms with van der Waals surface area (Å²) in [7, 11) is -0.365. The molecule has 2 aromatic rings. The van der Waals surface area contributed by atoms with Crippen LogP contribution in [0.4, 0.5) is 0 Å². The largest absolute Gasteiger partial charge is 0.494 e. The average Bonchev–Trinajstić information content (AvgIpc) is 2.75. The van der Waals surface area contributed by atoms with Crippen molar-refractivity contribution in [2.45, 2.75) is 45.5 Å². The Labute approximate surface area is 149 Å². The summed E-state index contributed by atoms with van der Waals surface area (Å²) in [5.41, 5.74) is 1.35. The summed E-state index contributed by atoms with van der Waals surface area (Å²) in [5.74, 6) is 0.681. The molecule has 2 aromatic carbocycles. The molecule has 0 atom stereocenters. The highest BCUT2D eigenvalue weighted by molar-refractivity contribution is 6.62. The van der Waals surface area contributed by atoms with E-state index in [9.17, 15) is 0 Å². The third kappa shape index (κ3) is 3.46. The maximum Gasteiger partial charge on any atom is 0.494 e. The second-order valence-corrected chi connectivity index (χ2v) is 7.46. The lowest BCUT2D eigenvalue weighted by molar-refractivity contribution is 0.00578. The van der Waals surface area contributed by atoms with Crippen LogP contribution in [0, 0.1) is 0 Å². The molecule has 1 aliphatic heterocycles. The second-order valence-electron chi connectivity index (χ2n) is 7.05. The van der Waals surface area contributed by atoms with Crippen molar-refractivity contribution in [3.63, 3.8) is 0 Å². The van der Waals surface area contributed by atoms with Gasteiger partial charge in [-0.05, 0) is 50.9 Å². The topological polar surface area (TPSA) is 27.7 Å². The first-order chi connectivity index (χ1) is 11.3. The fourth-order valence-electron chi connectivity index (χ4n) is 2.53. The Hall–Kier alpha value is -1.49. The van der Waals surface area contributed by atoms with E-state index in [2.05, 4.69) is 33.8 Å². The van der Waals surface area contributed by atoms with Crippen LogP contribution in [-0.2, 0) is 15.9 Å². The Balaban J connectivity index is 1.72. The maximum atomic E-state index is 6.12. The number of benzene rings is 2. The van der Waals surface area contributed by atoms with E-state index in [1.807, 2.05) is 42.5 Å². The summed E-state index contributed by atoms with van der Waals surface area (Å²) < 4.78 is 18.0. The molecule has 0 saturated carbocycles. The van der Waals surface area contributed by atoms with Gasteiger partial charge in [-0.3, -0.25) is 0 Å². The zero-order valence-corrected chi connectivity index (χ0v) is 15.3. The Morgan fingerprint density at radius 1 is 0.958 bits per heavy atom. The molecule has 0 N–H and O–H groups in total. The summed E-state index contributed by atoms with van der Waals surface area (Å²) >= 11 is 6.12. The van der Waals surface area contributed by atoms with Crippen molar-refractivity contribution in [1.82, 2.24) is 0 Å².